The summed E-state index contributed by atoms with van der Waals surface area (Å²) in [5.74, 6) is 1.62. The van der Waals surface area contributed by atoms with Crippen LogP contribution in [0.3, 0.4) is 0 Å². The van der Waals surface area contributed by atoms with E-state index in [1.54, 1.807) is 6.20 Å². The molecule has 0 saturated carbocycles. The lowest BCUT2D eigenvalue weighted by Gasteiger charge is -2.27. The number of anilines is 1. The highest BCUT2D eigenvalue weighted by atomic mass is 16.1. The molecule has 0 spiro atoms. The molecule has 0 unspecified atom stereocenters. The van der Waals surface area contributed by atoms with Crippen LogP contribution < -0.4 is 10.2 Å². The van der Waals surface area contributed by atoms with E-state index in [1.807, 2.05) is 37.3 Å². The number of piperidine rings is 1. The first-order valence-electron chi connectivity index (χ1n) is 8.60. The molecule has 1 amide bonds. The van der Waals surface area contributed by atoms with Gasteiger partial charge in [-0.1, -0.05) is 29.8 Å². The molecular formula is C19H24N4O. The number of carbonyl (C=O) groups is 1. The minimum atomic E-state index is -0.00687. The molecule has 1 aliphatic heterocycles. The van der Waals surface area contributed by atoms with Crippen LogP contribution in [0.2, 0.25) is 0 Å². The van der Waals surface area contributed by atoms with Crippen molar-refractivity contribution in [3.05, 3.63) is 53.5 Å². The van der Waals surface area contributed by atoms with E-state index in [4.69, 9.17) is 0 Å². The molecule has 1 N–H and O–H groups in total. The fraction of sp³-hybridized carbons (Fsp3) is 0.421. The number of hydrogen-bond acceptors (Lipinski definition) is 4. The van der Waals surface area contributed by atoms with Gasteiger partial charge in [0.15, 0.2) is 0 Å². The van der Waals surface area contributed by atoms with Crippen molar-refractivity contribution in [3.8, 4) is 0 Å². The van der Waals surface area contributed by atoms with E-state index < -0.39 is 0 Å². The normalized spacial score (nSPS) is 14.5. The molecule has 1 fully saturated rings. The molecule has 5 nitrogen and oxygen atoms in total. The molecule has 1 saturated heterocycles. The second-order valence-electron chi connectivity index (χ2n) is 6.32. The van der Waals surface area contributed by atoms with Crippen molar-refractivity contribution in [2.75, 3.05) is 18.0 Å². The number of rotatable bonds is 5. The molecule has 2 aromatic rings. The van der Waals surface area contributed by atoms with E-state index in [0.717, 1.165) is 30.0 Å². The standard InChI is InChI=1S/C19H24N4O/c1-15-6-5-7-16(12-15)13-19(24)21-14-17-20-9-8-18(22-17)23-10-3-2-4-11-23/h5-9,12H,2-4,10-11,13-14H2,1H3,(H,21,24). The molecule has 1 aliphatic rings. The van der Waals surface area contributed by atoms with Crippen molar-refractivity contribution in [3.63, 3.8) is 0 Å². The number of nitrogens with one attached hydrogen (secondary N) is 1. The first-order chi connectivity index (χ1) is 11.7. The molecule has 1 aromatic carbocycles. The zero-order valence-corrected chi connectivity index (χ0v) is 14.2. The van der Waals surface area contributed by atoms with Crippen LogP contribution in [0.25, 0.3) is 0 Å². The summed E-state index contributed by atoms with van der Waals surface area (Å²) in [6, 6.07) is 9.96. The molecule has 0 radical (unpaired) electrons. The van der Waals surface area contributed by atoms with Gasteiger partial charge in [0.05, 0.1) is 13.0 Å². The Morgan fingerprint density at radius 2 is 2.04 bits per heavy atom. The molecule has 5 heteroatoms. The lowest BCUT2D eigenvalue weighted by atomic mass is 10.1. The highest BCUT2D eigenvalue weighted by Crippen LogP contribution is 2.16. The van der Waals surface area contributed by atoms with Crippen molar-refractivity contribution >= 4 is 11.7 Å². The van der Waals surface area contributed by atoms with E-state index >= 15 is 0 Å². The number of nitrogens with zero attached hydrogens (tertiary/aromatic N) is 3. The molecule has 24 heavy (non-hydrogen) atoms. The molecule has 2 heterocycles. The first kappa shape index (κ1) is 16.4. The molecule has 0 aliphatic carbocycles. The maximum Gasteiger partial charge on any atom is 0.224 e. The van der Waals surface area contributed by atoms with Gasteiger partial charge < -0.3 is 10.2 Å². The predicted molar refractivity (Wildman–Crippen MR) is 94.8 cm³/mol. The van der Waals surface area contributed by atoms with Crippen molar-refractivity contribution in [1.29, 1.82) is 0 Å². The predicted octanol–water partition coefficient (Wildman–Crippen LogP) is 2.63. The molecule has 3 rings (SSSR count). The minimum Gasteiger partial charge on any atom is -0.357 e. The third kappa shape index (κ3) is 4.54. The highest BCUT2D eigenvalue weighted by molar-refractivity contribution is 5.78. The summed E-state index contributed by atoms with van der Waals surface area (Å²) < 4.78 is 0. The van der Waals surface area contributed by atoms with Gasteiger partial charge in [-0.15, -0.1) is 0 Å². The Morgan fingerprint density at radius 1 is 1.21 bits per heavy atom. The van der Waals surface area contributed by atoms with Crippen LogP contribution in [0.1, 0.15) is 36.2 Å². The maximum atomic E-state index is 12.1. The van der Waals surface area contributed by atoms with E-state index in [-0.39, 0.29) is 5.91 Å². The second kappa shape index (κ2) is 7.90. The largest absolute Gasteiger partial charge is 0.357 e. The molecule has 0 atom stereocenters. The first-order valence-corrected chi connectivity index (χ1v) is 8.60. The van der Waals surface area contributed by atoms with Crippen LogP contribution in [0, 0.1) is 6.92 Å². The van der Waals surface area contributed by atoms with Crippen LogP contribution in [0.15, 0.2) is 36.5 Å². The van der Waals surface area contributed by atoms with Gasteiger partial charge in [-0.05, 0) is 37.8 Å². The van der Waals surface area contributed by atoms with Crippen LogP contribution in [0.5, 0.6) is 0 Å². The van der Waals surface area contributed by atoms with Crippen LogP contribution >= 0.6 is 0 Å². The molecule has 0 bridgehead atoms. The number of hydrogen-bond donors (Lipinski definition) is 1. The Morgan fingerprint density at radius 3 is 2.83 bits per heavy atom. The van der Waals surface area contributed by atoms with Gasteiger partial charge in [-0.2, -0.15) is 0 Å². The van der Waals surface area contributed by atoms with Gasteiger partial charge in [0.1, 0.15) is 11.6 Å². The van der Waals surface area contributed by atoms with Gasteiger partial charge in [0, 0.05) is 19.3 Å². The Hall–Kier alpha value is -2.43. The van der Waals surface area contributed by atoms with Crippen molar-refractivity contribution in [2.24, 2.45) is 0 Å². The summed E-state index contributed by atoms with van der Waals surface area (Å²) in [4.78, 5) is 23.3. The average molecular weight is 324 g/mol. The maximum absolute atomic E-state index is 12.1. The van der Waals surface area contributed by atoms with Gasteiger partial charge in [-0.3, -0.25) is 4.79 Å². The van der Waals surface area contributed by atoms with Crippen molar-refractivity contribution in [2.45, 2.75) is 39.2 Å². The monoisotopic (exact) mass is 324 g/mol. The summed E-state index contributed by atoms with van der Waals surface area (Å²) in [5, 5.41) is 2.91. The quantitative estimate of drug-likeness (QED) is 0.918. The second-order valence-corrected chi connectivity index (χ2v) is 6.32. The third-order valence-electron chi connectivity index (χ3n) is 4.26. The lowest BCUT2D eigenvalue weighted by molar-refractivity contribution is -0.120. The number of amides is 1. The van der Waals surface area contributed by atoms with Gasteiger partial charge in [-0.25, -0.2) is 9.97 Å². The lowest BCUT2D eigenvalue weighted by Crippen LogP contribution is -2.31. The zero-order valence-electron chi connectivity index (χ0n) is 14.2. The van der Waals surface area contributed by atoms with E-state index in [2.05, 4.69) is 20.2 Å². The summed E-state index contributed by atoms with van der Waals surface area (Å²) in [6.07, 6.45) is 5.88. The Balaban J connectivity index is 1.55. The summed E-state index contributed by atoms with van der Waals surface area (Å²) in [7, 11) is 0. The third-order valence-corrected chi connectivity index (χ3v) is 4.26. The fourth-order valence-corrected chi connectivity index (χ4v) is 3.02. The molecule has 126 valence electrons. The summed E-state index contributed by atoms with van der Waals surface area (Å²) in [6.45, 7) is 4.50. The molecule has 1 aromatic heterocycles. The van der Waals surface area contributed by atoms with Gasteiger partial charge in [0.2, 0.25) is 5.91 Å². The van der Waals surface area contributed by atoms with Crippen LogP contribution in [0.4, 0.5) is 5.82 Å². The number of aromatic nitrogens is 2. The SMILES string of the molecule is Cc1cccc(CC(=O)NCc2nccc(N3CCCCC3)n2)c1. The Kier molecular flexibility index (Phi) is 5.41. The topological polar surface area (TPSA) is 58.1 Å². The number of aryl methyl sites for hydroxylation is 1. The van der Waals surface area contributed by atoms with Gasteiger partial charge >= 0.3 is 0 Å². The van der Waals surface area contributed by atoms with Crippen LogP contribution in [-0.2, 0) is 17.8 Å². The summed E-state index contributed by atoms with van der Waals surface area (Å²) in [5.41, 5.74) is 2.19. The Labute approximate surface area is 143 Å². The van der Waals surface area contributed by atoms with Crippen molar-refractivity contribution < 1.29 is 4.79 Å². The minimum absolute atomic E-state index is 0.00687. The highest BCUT2D eigenvalue weighted by Gasteiger charge is 2.13. The van der Waals surface area contributed by atoms with Crippen molar-refractivity contribution in [1.82, 2.24) is 15.3 Å². The number of carbonyl (C=O) groups excluding carboxylic acids is 1. The van der Waals surface area contributed by atoms with E-state index in [9.17, 15) is 4.79 Å². The van der Waals surface area contributed by atoms with Gasteiger partial charge in [0.25, 0.3) is 0 Å². The fourth-order valence-electron chi connectivity index (χ4n) is 3.02. The van der Waals surface area contributed by atoms with Crippen LogP contribution in [-0.4, -0.2) is 29.0 Å². The molecular weight excluding hydrogens is 300 g/mol. The smallest absolute Gasteiger partial charge is 0.224 e. The Bertz CT molecular complexity index is 695. The number of benzene rings is 1. The zero-order chi connectivity index (χ0) is 16.8. The average Bonchev–Trinajstić information content (AvgIpc) is 2.61. The van der Waals surface area contributed by atoms with E-state index in [1.165, 1.54) is 19.3 Å². The van der Waals surface area contributed by atoms with E-state index in [0.29, 0.717) is 18.8 Å². The summed E-state index contributed by atoms with van der Waals surface area (Å²) >= 11 is 0.